The molecule has 0 heterocycles. The van der Waals surface area contributed by atoms with Crippen molar-refractivity contribution in [3.63, 3.8) is 0 Å². The van der Waals surface area contributed by atoms with Gasteiger partial charge in [0.25, 0.3) is 0 Å². The molecule has 104 valence electrons. The molecule has 1 aliphatic rings. The summed E-state index contributed by atoms with van der Waals surface area (Å²) >= 11 is 3.43. The van der Waals surface area contributed by atoms with Crippen molar-refractivity contribution in [2.75, 3.05) is 13.1 Å². The van der Waals surface area contributed by atoms with Crippen molar-refractivity contribution in [3.05, 3.63) is 34.3 Å². The third kappa shape index (κ3) is 4.96. The molecule has 0 bridgehead atoms. The number of nitrogens with zero attached hydrogens (tertiary/aromatic N) is 1. The Morgan fingerprint density at radius 1 is 1.42 bits per heavy atom. The fraction of sp³-hybridized carbons (Fsp3) is 0.533. The van der Waals surface area contributed by atoms with Crippen LogP contribution in [0.4, 0.5) is 0 Å². The predicted molar refractivity (Wildman–Crippen MR) is 79.2 cm³/mol. The molecule has 4 heteroatoms. The van der Waals surface area contributed by atoms with Gasteiger partial charge in [0.05, 0.1) is 6.54 Å². The summed E-state index contributed by atoms with van der Waals surface area (Å²) in [6.07, 6.45) is 3.40. The summed E-state index contributed by atoms with van der Waals surface area (Å²) in [5.41, 5.74) is 1.25. The van der Waals surface area contributed by atoms with Crippen LogP contribution >= 0.6 is 15.9 Å². The van der Waals surface area contributed by atoms with Crippen molar-refractivity contribution < 1.29 is 9.90 Å². The van der Waals surface area contributed by atoms with Crippen LogP contribution in [0.5, 0.6) is 0 Å². The van der Waals surface area contributed by atoms with Gasteiger partial charge in [-0.15, -0.1) is 0 Å². The molecule has 2 rings (SSSR count). The number of carbonyl (C=O) groups is 1. The minimum absolute atomic E-state index is 0.147. The molecule has 0 radical (unpaired) electrons. The lowest BCUT2D eigenvalue weighted by Crippen LogP contribution is -2.40. The lowest BCUT2D eigenvalue weighted by Gasteiger charge is -2.27. The topological polar surface area (TPSA) is 40.5 Å². The molecular weight excluding hydrogens is 306 g/mol. The average molecular weight is 326 g/mol. The van der Waals surface area contributed by atoms with Crippen LogP contribution in [-0.4, -0.2) is 35.1 Å². The number of hydrogen-bond acceptors (Lipinski definition) is 2. The number of rotatable bonds is 7. The Morgan fingerprint density at radius 3 is 2.58 bits per heavy atom. The number of carboxylic acids is 1. The van der Waals surface area contributed by atoms with E-state index >= 15 is 0 Å². The maximum Gasteiger partial charge on any atom is 0.317 e. The highest BCUT2D eigenvalue weighted by atomic mass is 79.9. The zero-order valence-corrected chi connectivity index (χ0v) is 12.8. The van der Waals surface area contributed by atoms with E-state index in [2.05, 4.69) is 39.9 Å². The van der Waals surface area contributed by atoms with Gasteiger partial charge in [0.15, 0.2) is 0 Å². The molecule has 1 unspecified atom stereocenters. The minimum atomic E-state index is -0.733. The number of hydrogen-bond donors (Lipinski definition) is 1. The van der Waals surface area contributed by atoms with Crippen LogP contribution in [0, 0.1) is 5.92 Å². The second kappa shape index (κ2) is 6.53. The molecule has 0 spiro atoms. The molecule has 0 aliphatic heterocycles. The first-order valence-electron chi connectivity index (χ1n) is 6.75. The number of benzene rings is 1. The highest BCUT2D eigenvalue weighted by molar-refractivity contribution is 9.10. The average Bonchev–Trinajstić information content (AvgIpc) is 3.14. The Kier molecular flexibility index (Phi) is 4.99. The fourth-order valence-electron chi connectivity index (χ4n) is 2.30. The second-order valence-electron chi connectivity index (χ2n) is 5.45. The Labute approximate surface area is 122 Å². The Hall–Kier alpha value is -0.870. The lowest BCUT2D eigenvalue weighted by atomic mass is 10.1. The van der Waals surface area contributed by atoms with E-state index in [1.807, 2.05) is 12.1 Å². The van der Waals surface area contributed by atoms with Crippen LogP contribution in [0.15, 0.2) is 28.7 Å². The van der Waals surface area contributed by atoms with E-state index in [0.717, 1.165) is 17.4 Å². The summed E-state index contributed by atoms with van der Waals surface area (Å²) in [6.45, 7) is 3.19. The molecule has 1 atom stereocenters. The van der Waals surface area contributed by atoms with Crippen molar-refractivity contribution in [2.24, 2.45) is 5.92 Å². The van der Waals surface area contributed by atoms with E-state index in [4.69, 9.17) is 5.11 Å². The van der Waals surface area contributed by atoms with Crippen molar-refractivity contribution >= 4 is 21.9 Å². The lowest BCUT2D eigenvalue weighted by molar-refractivity contribution is -0.138. The fourth-order valence-corrected chi connectivity index (χ4v) is 2.56. The van der Waals surface area contributed by atoms with E-state index in [0.29, 0.717) is 5.92 Å². The Bertz CT molecular complexity index is 428. The highest BCUT2D eigenvalue weighted by Crippen LogP contribution is 2.30. The third-order valence-corrected chi connectivity index (χ3v) is 4.12. The van der Waals surface area contributed by atoms with Crippen LogP contribution in [0.3, 0.4) is 0 Å². The molecule has 1 aromatic rings. The third-order valence-electron chi connectivity index (χ3n) is 3.60. The van der Waals surface area contributed by atoms with Gasteiger partial charge in [-0.25, -0.2) is 0 Å². The summed E-state index contributed by atoms with van der Waals surface area (Å²) in [6, 6.07) is 8.51. The van der Waals surface area contributed by atoms with E-state index in [9.17, 15) is 4.79 Å². The molecule has 0 aromatic heterocycles. The van der Waals surface area contributed by atoms with Crippen LogP contribution in [0.1, 0.15) is 25.3 Å². The van der Waals surface area contributed by atoms with Crippen LogP contribution in [0.25, 0.3) is 0 Å². The highest BCUT2D eigenvalue weighted by Gasteiger charge is 2.27. The number of aliphatic carboxylic acids is 1. The molecular formula is C15H20BrNO2. The van der Waals surface area contributed by atoms with Gasteiger partial charge < -0.3 is 5.11 Å². The zero-order chi connectivity index (χ0) is 13.8. The van der Waals surface area contributed by atoms with Gasteiger partial charge in [0.2, 0.25) is 0 Å². The first-order chi connectivity index (χ1) is 9.04. The predicted octanol–water partition coefficient (Wildman–Crippen LogP) is 3.18. The molecule has 0 amide bonds. The Morgan fingerprint density at radius 2 is 2.05 bits per heavy atom. The Balaban J connectivity index is 1.94. The minimum Gasteiger partial charge on any atom is -0.480 e. The van der Waals surface area contributed by atoms with Gasteiger partial charge in [-0.3, -0.25) is 9.69 Å². The molecule has 1 aliphatic carbocycles. The van der Waals surface area contributed by atoms with E-state index < -0.39 is 5.97 Å². The molecule has 1 N–H and O–H groups in total. The van der Waals surface area contributed by atoms with Gasteiger partial charge in [0, 0.05) is 17.1 Å². The summed E-state index contributed by atoms with van der Waals surface area (Å²) in [7, 11) is 0. The monoisotopic (exact) mass is 325 g/mol. The smallest absolute Gasteiger partial charge is 0.317 e. The molecule has 1 saturated carbocycles. The van der Waals surface area contributed by atoms with Gasteiger partial charge >= 0.3 is 5.97 Å². The molecule has 1 aromatic carbocycles. The van der Waals surface area contributed by atoms with Crippen LogP contribution in [-0.2, 0) is 11.2 Å². The van der Waals surface area contributed by atoms with E-state index in [-0.39, 0.29) is 12.6 Å². The van der Waals surface area contributed by atoms with Gasteiger partial charge in [-0.05, 0) is 49.8 Å². The summed E-state index contributed by atoms with van der Waals surface area (Å²) in [4.78, 5) is 13.1. The van der Waals surface area contributed by atoms with Crippen molar-refractivity contribution in [1.29, 1.82) is 0 Å². The quantitative estimate of drug-likeness (QED) is 0.837. The van der Waals surface area contributed by atoms with E-state index in [1.54, 1.807) is 0 Å². The maximum atomic E-state index is 11.0. The first kappa shape index (κ1) is 14.5. The summed E-state index contributed by atoms with van der Waals surface area (Å²) in [5.74, 6) is -0.0185. The molecule has 3 nitrogen and oxygen atoms in total. The van der Waals surface area contributed by atoms with Gasteiger partial charge in [-0.1, -0.05) is 28.1 Å². The van der Waals surface area contributed by atoms with Crippen LogP contribution in [0.2, 0.25) is 0 Å². The first-order valence-corrected chi connectivity index (χ1v) is 7.54. The summed E-state index contributed by atoms with van der Waals surface area (Å²) in [5, 5.41) is 9.02. The van der Waals surface area contributed by atoms with Crippen molar-refractivity contribution in [1.82, 2.24) is 4.90 Å². The molecule has 0 saturated heterocycles. The molecule has 1 fully saturated rings. The number of carboxylic acid groups (broad SMARTS) is 1. The van der Waals surface area contributed by atoms with Crippen LogP contribution < -0.4 is 0 Å². The van der Waals surface area contributed by atoms with Crippen molar-refractivity contribution in [3.8, 4) is 0 Å². The standard InChI is InChI=1S/C15H20BrNO2/c1-11(8-12-4-6-14(16)7-5-12)17(10-15(18)19)9-13-2-3-13/h4-7,11,13H,2-3,8-10H2,1H3,(H,18,19). The maximum absolute atomic E-state index is 11.0. The SMILES string of the molecule is CC(Cc1ccc(Br)cc1)N(CC(=O)O)CC1CC1. The zero-order valence-electron chi connectivity index (χ0n) is 11.2. The number of halogens is 1. The van der Waals surface area contributed by atoms with Gasteiger partial charge in [0.1, 0.15) is 0 Å². The molecule has 19 heavy (non-hydrogen) atoms. The summed E-state index contributed by atoms with van der Waals surface area (Å²) < 4.78 is 1.07. The second-order valence-corrected chi connectivity index (χ2v) is 6.36. The van der Waals surface area contributed by atoms with Crippen molar-refractivity contribution in [2.45, 2.75) is 32.2 Å². The largest absolute Gasteiger partial charge is 0.480 e. The van der Waals surface area contributed by atoms with E-state index in [1.165, 1.54) is 18.4 Å². The van der Waals surface area contributed by atoms with Gasteiger partial charge in [-0.2, -0.15) is 0 Å². The normalized spacial score (nSPS) is 16.6.